The van der Waals surface area contributed by atoms with Gasteiger partial charge in [-0.05, 0) is 5.56 Å². The van der Waals surface area contributed by atoms with Gasteiger partial charge in [-0.3, -0.25) is 10.1 Å². The summed E-state index contributed by atoms with van der Waals surface area (Å²) in [7, 11) is 1.13. The Kier molecular flexibility index (Phi) is 8.32. The van der Waals surface area contributed by atoms with Gasteiger partial charge in [0.2, 0.25) is 10.9 Å². The van der Waals surface area contributed by atoms with Crippen LogP contribution in [0.3, 0.4) is 0 Å². The first-order valence-electron chi connectivity index (χ1n) is 10.9. The number of nitrogens with zero attached hydrogens (tertiary/aromatic N) is 1. The molecule has 218 valence electrons. The molecule has 1 aromatic heterocycles. The third kappa shape index (κ3) is 5.65. The van der Waals surface area contributed by atoms with Crippen molar-refractivity contribution < 1.29 is 65.7 Å². The molecule has 0 aliphatic heterocycles. The number of phenols is 4. The van der Waals surface area contributed by atoms with E-state index < -0.39 is 81.0 Å². The average Bonchev–Trinajstić information content (AvgIpc) is 3.23. The Labute approximate surface area is 227 Å². The molecule has 3 rings (SSSR count). The zero-order valence-electron chi connectivity index (χ0n) is 20.3. The van der Waals surface area contributed by atoms with Crippen LogP contribution in [0.1, 0.15) is 22.9 Å². The fourth-order valence-corrected chi connectivity index (χ4v) is 4.27. The summed E-state index contributed by atoms with van der Waals surface area (Å²) < 4.78 is 5.07. The number of anilines is 2. The Hall–Kier alpha value is -3.98. The lowest BCUT2D eigenvalue weighted by Crippen LogP contribution is -2.55. The number of ether oxygens (including phenoxy) is 1. The number of methoxy groups -OCH3 is 1. The molecule has 0 radical (unpaired) electrons. The molecule has 1 amide bonds. The fraction of sp³-hybridized carbons (Fsp3) is 0.273. The van der Waals surface area contributed by atoms with Crippen LogP contribution in [0.5, 0.6) is 28.1 Å². The van der Waals surface area contributed by atoms with E-state index in [2.05, 4.69) is 4.98 Å². The van der Waals surface area contributed by atoms with E-state index in [1.165, 1.54) is 12.1 Å². The highest BCUT2D eigenvalue weighted by atomic mass is 32.1. The summed E-state index contributed by atoms with van der Waals surface area (Å²) in [5.41, 5.74) is 1.98. The highest BCUT2D eigenvalue weighted by Gasteiger charge is 2.45. The first kappa shape index (κ1) is 30.6. The van der Waals surface area contributed by atoms with Gasteiger partial charge in [-0.15, -0.1) is 0 Å². The molecular formula is C22H26N4O13S. The third-order valence-electron chi connectivity index (χ3n) is 5.61. The lowest BCUT2D eigenvalue weighted by atomic mass is 9.99. The van der Waals surface area contributed by atoms with Gasteiger partial charge in [0.25, 0.3) is 17.6 Å². The van der Waals surface area contributed by atoms with Gasteiger partial charge in [0, 0.05) is 7.11 Å². The summed E-state index contributed by atoms with van der Waals surface area (Å²) in [4.78, 5) is 15.9. The fourth-order valence-electron chi connectivity index (χ4n) is 3.65. The summed E-state index contributed by atoms with van der Waals surface area (Å²) in [6, 6.07) is 7.72. The maximum absolute atomic E-state index is 12.5. The number of aromatic nitrogens is 1. The minimum absolute atomic E-state index is 0.252. The molecular weight excluding hydrogens is 560 g/mol. The molecule has 17 nitrogen and oxygen atoms in total. The van der Waals surface area contributed by atoms with Crippen LogP contribution in [0, 0.1) is 0 Å². The minimum Gasteiger partial charge on any atom is -0.504 e. The Morgan fingerprint density at radius 3 is 2.00 bits per heavy atom. The van der Waals surface area contributed by atoms with E-state index in [0.717, 1.165) is 7.11 Å². The second-order valence-electron chi connectivity index (χ2n) is 8.40. The number of rotatable bonds is 10. The molecule has 3 aromatic rings. The Bertz CT molecular complexity index is 1370. The number of aromatic hydroxyl groups is 5. The van der Waals surface area contributed by atoms with Crippen LogP contribution in [-0.2, 0) is 21.1 Å². The van der Waals surface area contributed by atoms with Crippen LogP contribution < -0.4 is 16.4 Å². The van der Waals surface area contributed by atoms with Crippen molar-refractivity contribution >= 4 is 28.1 Å². The topological polar surface area (TPSA) is 312 Å². The van der Waals surface area contributed by atoms with Crippen molar-refractivity contribution in [2.45, 2.75) is 23.6 Å². The number of amides is 1. The number of nitrogens with one attached hydrogen (secondary N) is 2. The van der Waals surface area contributed by atoms with Crippen molar-refractivity contribution in [3.8, 4) is 28.1 Å². The highest BCUT2D eigenvalue weighted by molar-refractivity contribution is 7.17. The van der Waals surface area contributed by atoms with Crippen molar-refractivity contribution in [1.29, 1.82) is 0 Å². The van der Waals surface area contributed by atoms with Crippen LogP contribution in [0.4, 0.5) is 10.8 Å². The molecule has 1 heterocycles. The molecule has 0 aliphatic rings. The van der Waals surface area contributed by atoms with E-state index in [4.69, 9.17) is 10.5 Å². The van der Waals surface area contributed by atoms with Gasteiger partial charge in [-0.25, -0.2) is 4.98 Å². The average molecular weight is 587 g/mol. The third-order valence-corrected chi connectivity index (χ3v) is 6.29. The van der Waals surface area contributed by atoms with Crippen molar-refractivity contribution in [2.75, 3.05) is 24.7 Å². The molecule has 40 heavy (non-hydrogen) atoms. The predicted molar refractivity (Wildman–Crippen MR) is 134 cm³/mol. The van der Waals surface area contributed by atoms with Gasteiger partial charge in [0.1, 0.15) is 11.3 Å². The molecule has 0 fully saturated rings. The second kappa shape index (κ2) is 10.9. The zero-order chi connectivity index (χ0) is 30.2. The molecule has 1 unspecified atom stereocenters. The standard InChI is InChI=1S/C22H26N4O13S/c1-39-16(8-5-3-2-4-6-8)22(37,38)24-7-20(33,34)9-11(27)13(29)10(14(30)12(9)28)25-18(32)21(35,36)15-17(31)40-19(23)26-15/h2-6,16,24,27-31,33-38H,7H2,1H3,(H2,23,26)(H,25,32). The van der Waals surface area contributed by atoms with Crippen LogP contribution in [-0.4, -0.2) is 86.6 Å². The van der Waals surface area contributed by atoms with Gasteiger partial charge in [-0.1, -0.05) is 41.7 Å². The van der Waals surface area contributed by atoms with Crippen LogP contribution >= 0.6 is 11.3 Å². The number of nitrogen functional groups attached to an aromatic ring is 1. The Morgan fingerprint density at radius 2 is 1.52 bits per heavy atom. The SMILES string of the molecule is COC(c1ccccc1)C(O)(O)NCC(O)(O)c1c(O)c(O)c(NC(=O)C(O)(O)c2nc(N)sc2O)c(O)c1O. The molecule has 18 heteroatoms. The minimum atomic E-state index is -3.61. The number of carbonyl (C=O) groups excluding carboxylic acids is 1. The lowest BCUT2D eigenvalue weighted by Gasteiger charge is -2.34. The molecule has 0 aliphatic carbocycles. The first-order chi connectivity index (χ1) is 18.5. The number of carbonyl (C=O) groups is 1. The highest BCUT2D eigenvalue weighted by Crippen LogP contribution is 2.53. The number of hydrogen-bond donors (Lipinski definition) is 14. The number of benzene rings is 2. The van der Waals surface area contributed by atoms with Crippen LogP contribution in [0.15, 0.2) is 30.3 Å². The van der Waals surface area contributed by atoms with Crippen molar-refractivity contribution in [3.05, 3.63) is 47.2 Å². The first-order valence-corrected chi connectivity index (χ1v) is 11.7. The Balaban J connectivity index is 1.91. The maximum atomic E-state index is 12.5. The van der Waals surface area contributed by atoms with E-state index >= 15 is 0 Å². The molecule has 15 N–H and O–H groups in total. The van der Waals surface area contributed by atoms with Crippen molar-refractivity contribution in [3.63, 3.8) is 0 Å². The summed E-state index contributed by atoms with van der Waals surface area (Å²) in [6.07, 6.45) is -1.49. The van der Waals surface area contributed by atoms with E-state index in [0.29, 0.717) is 11.3 Å². The number of nitrogens with two attached hydrogens (primary N) is 1. The van der Waals surface area contributed by atoms with Crippen LogP contribution in [0.25, 0.3) is 0 Å². The second-order valence-corrected chi connectivity index (χ2v) is 9.41. The normalized spacial score (nSPS) is 13.3. The zero-order valence-corrected chi connectivity index (χ0v) is 21.2. The molecule has 0 bridgehead atoms. The van der Waals surface area contributed by atoms with E-state index in [-0.39, 0.29) is 10.7 Å². The monoisotopic (exact) mass is 586 g/mol. The molecule has 0 saturated carbocycles. The molecule has 2 aromatic carbocycles. The quantitative estimate of drug-likeness (QED) is 0.0679. The summed E-state index contributed by atoms with van der Waals surface area (Å²) >= 11 is 0.382. The summed E-state index contributed by atoms with van der Waals surface area (Å²) in [5.74, 6) is -18.0. The van der Waals surface area contributed by atoms with Crippen LogP contribution in [0.2, 0.25) is 0 Å². The van der Waals surface area contributed by atoms with Crippen molar-refractivity contribution in [2.24, 2.45) is 0 Å². The molecule has 1 atom stereocenters. The number of hydrogen-bond acceptors (Lipinski definition) is 17. The van der Waals surface area contributed by atoms with Gasteiger partial charge in [-0.2, -0.15) is 0 Å². The van der Waals surface area contributed by atoms with Gasteiger partial charge >= 0.3 is 0 Å². The van der Waals surface area contributed by atoms with Gasteiger partial charge in [0.15, 0.2) is 39.9 Å². The largest absolute Gasteiger partial charge is 0.504 e. The van der Waals surface area contributed by atoms with E-state index in [9.17, 15) is 61.0 Å². The van der Waals surface area contributed by atoms with Gasteiger partial charge < -0.3 is 72.0 Å². The Morgan fingerprint density at radius 1 is 0.975 bits per heavy atom. The number of phenolic OH excluding ortho intramolecular Hbond substituents is 4. The smallest absolute Gasteiger partial charge is 0.294 e. The predicted octanol–water partition coefficient (Wildman–Crippen LogP) is -2.22. The number of aliphatic hydroxyl groups is 6. The van der Waals surface area contributed by atoms with Gasteiger partial charge in [0.05, 0.1) is 6.54 Å². The van der Waals surface area contributed by atoms with E-state index in [1.54, 1.807) is 23.5 Å². The van der Waals surface area contributed by atoms with E-state index in [1.807, 2.05) is 5.32 Å². The molecule has 0 saturated heterocycles. The lowest BCUT2D eigenvalue weighted by molar-refractivity contribution is -0.270. The van der Waals surface area contributed by atoms with Crippen molar-refractivity contribution in [1.82, 2.24) is 10.3 Å². The summed E-state index contributed by atoms with van der Waals surface area (Å²) in [6.45, 7) is -1.28. The number of thiazole rings is 1. The summed E-state index contributed by atoms with van der Waals surface area (Å²) in [5, 5.41) is 116. The molecule has 0 spiro atoms. The maximum Gasteiger partial charge on any atom is 0.294 e.